The van der Waals surface area contributed by atoms with E-state index in [-0.39, 0.29) is 58.1 Å². The second-order valence-corrected chi connectivity index (χ2v) is 11.9. The maximum atomic E-state index is 13.3. The monoisotopic (exact) mass is 654 g/mol. The van der Waals surface area contributed by atoms with Crippen LogP contribution in [0, 0.1) is 10.1 Å². The molecule has 1 heterocycles. The summed E-state index contributed by atoms with van der Waals surface area (Å²) in [6, 6.07) is 7.06. The van der Waals surface area contributed by atoms with Crippen LogP contribution in [0.1, 0.15) is 44.1 Å². The topological polar surface area (TPSA) is 96.7 Å². The highest BCUT2D eigenvalue weighted by atomic mass is 35.5. The number of ether oxygens (including phenoxy) is 1. The molecule has 16 heteroatoms. The molecular formula is C27H29ClF6N4O4S. The van der Waals surface area contributed by atoms with Crippen molar-refractivity contribution in [3.63, 3.8) is 0 Å². The summed E-state index contributed by atoms with van der Waals surface area (Å²) in [6.07, 6.45) is -1.38. The number of likely N-dealkylation sites (tertiary alicyclic amines) is 1. The fourth-order valence-corrected chi connectivity index (χ4v) is 6.05. The minimum atomic E-state index is -4.85. The highest BCUT2D eigenvalue weighted by Crippen LogP contribution is 2.41. The summed E-state index contributed by atoms with van der Waals surface area (Å²) in [4.78, 5) is 24.2. The molecule has 1 amide bonds. The van der Waals surface area contributed by atoms with Gasteiger partial charge in [-0.3, -0.25) is 14.9 Å². The molecule has 2 fully saturated rings. The number of anilines is 2. The van der Waals surface area contributed by atoms with Crippen molar-refractivity contribution in [3.05, 3.63) is 57.1 Å². The molecule has 0 spiro atoms. The Hall–Kier alpha value is -2.91. The van der Waals surface area contributed by atoms with Crippen LogP contribution in [0.3, 0.4) is 0 Å². The molecule has 1 saturated carbocycles. The van der Waals surface area contributed by atoms with Crippen molar-refractivity contribution in [2.45, 2.75) is 73.3 Å². The molecule has 4 rings (SSSR count). The van der Waals surface area contributed by atoms with Crippen molar-refractivity contribution in [2.75, 3.05) is 30.3 Å². The van der Waals surface area contributed by atoms with Crippen LogP contribution in [-0.4, -0.2) is 59.1 Å². The van der Waals surface area contributed by atoms with Crippen LogP contribution in [0.4, 0.5) is 43.4 Å². The van der Waals surface area contributed by atoms with E-state index >= 15 is 0 Å². The Morgan fingerprint density at radius 2 is 1.53 bits per heavy atom. The zero-order chi connectivity index (χ0) is 31.4. The first kappa shape index (κ1) is 33.0. The molecule has 8 nitrogen and oxygen atoms in total. The van der Waals surface area contributed by atoms with Gasteiger partial charge in [0.25, 0.3) is 5.69 Å². The van der Waals surface area contributed by atoms with Gasteiger partial charge < -0.3 is 20.3 Å². The minimum absolute atomic E-state index is 0.00356. The lowest BCUT2D eigenvalue weighted by Gasteiger charge is -2.34. The summed E-state index contributed by atoms with van der Waals surface area (Å²) in [7, 11) is 0. The summed E-state index contributed by atoms with van der Waals surface area (Å²) < 4.78 is 83.5. The molecule has 1 aliphatic carbocycles. The number of thioether (sulfide) groups is 1. The van der Waals surface area contributed by atoms with Gasteiger partial charge in [-0.2, -0.15) is 26.3 Å². The fraction of sp³-hybridized carbons (Fsp3) is 0.519. The van der Waals surface area contributed by atoms with E-state index < -0.39 is 27.9 Å². The largest absolute Gasteiger partial charge is 0.446 e. The lowest BCUT2D eigenvalue weighted by Crippen LogP contribution is -2.44. The molecule has 2 aromatic rings. The predicted molar refractivity (Wildman–Crippen MR) is 150 cm³/mol. The molecule has 0 atom stereocenters. The van der Waals surface area contributed by atoms with Crippen molar-refractivity contribution in [1.82, 2.24) is 4.90 Å². The number of carbonyl (C=O) groups excluding carboxylic acids is 1. The quantitative estimate of drug-likeness (QED) is 0.124. The van der Waals surface area contributed by atoms with E-state index in [1.54, 1.807) is 11.0 Å². The van der Waals surface area contributed by atoms with E-state index in [0.717, 1.165) is 12.1 Å². The number of alkyl halides is 6. The van der Waals surface area contributed by atoms with E-state index in [1.807, 2.05) is 0 Å². The van der Waals surface area contributed by atoms with Crippen molar-refractivity contribution < 1.29 is 40.8 Å². The smallest absolute Gasteiger partial charge is 0.382 e. The molecule has 2 aliphatic rings. The normalized spacial score (nSPS) is 20.1. The van der Waals surface area contributed by atoms with Crippen molar-refractivity contribution in [2.24, 2.45) is 0 Å². The van der Waals surface area contributed by atoms with Crippen molar-refractivity contribution >= 4 is 46.3 Å². The SMILES string of the molecule is O=C(CO[C@H]1CC[C@H](Nc2ccc([N+](=O)[O-])c(C(F)(F)F)c2)CC1)N1CCC(Nc2ccc(SC(F)(F)F)c(Cl)c2)CC1. The Bertz CT molecular complexity index is 1300. The van der Waals surface area contributed by atoms with Gasteiger partial charge in [0.15, 0.2) is 0 Å². The van der Waals surface area contributed by atoms with Crippen LogP contribution in [0.25, 0.3) is 0 Å². The average molecular weight is 655 g/mol. The first-order chi connectivity index (χ1) is 20.2. The summed E-state index contributed by atoms with van der Waals surface area (Å²) >= 11 is 5.74. The van der Waals surface area contributed by atoms with Crippen LogP contribution in [-0.2, 0) is 15.7 Å². The van der Waals surface area contributed by atoms with Crippen LogP contribution < -0.4 is 10.6 Å². The fourth-order valence-electron chi connectivity index (χ4n) is 5.21. The Morgan fingerprint density at radius 1 is 0.953 bits per heavy atom. The van der Waals surface area contributed by atoms with Crippen LogP contribution >= 0.6 is 23.4 Å². The molecule has 2 N–H and O–H groups in total. The van der Waals surface area contributed by atoms with Crippen molar-refractivity contribution in [1.29, 1.82) is 0 Å². The number of benzene rings is 2. The lowest BCUT2D eigenvalue weighted by molar-refractivity contribution is -0.388. The molecule has 0 radical (unpaired) electrons. The van der Waals surface area contributed by atoms with E-state index in [2.05, 4.69) is 10.6 Å². The maximum absolute atomic E-state index is 13.3. The van der Waals surface area contributed by atoms with Gasteiger partial charge in [-0.05, 0) is 80.6 Å². The van der Waals surface area contributed by atoms with Gasteiger partial charge in [0, 0.05) is 47.5 Å². The standard InChI is InChI=1S/C27H29ClF6N4O4S/c28-22-14-19(4-8-24(22)43-27(32,33)34)36-17-9-11-37(12-10-17)25(39)15-42-20-5-1-16(2-6-20)35-18-3-7-23(38(40)41)21(13-18)26(29,30)31/h3-4,7-8,13-14,16-17,20,35-36H,1-2,5-6,9-12,15H2/t16-,20-. The first-order valence-electron chi connectivity index (χ1n) is 13.5. The molecule has 1 saturated heterocycles. The molecule has 236 valence electrons. The highest BCUT2D eigenvalue weighted by Gasteiger charge is 2.38. The molecule has 43 heavy (non-hydrogen) atoms. The molecule has 1 aliphatic heterocycles. The summed E-state index contributed by atoms with van der Waals surface area (Å²) in [5, 5.41) is 17.2. The van der Waals surface area contributed by atoms with Gasteiger partial charge in [-0.25, -0.2) is 0 Å². The maximum Gasteiger partial charge on any atom is 0.446 e. The number of hydrogen-bond acceptors (Lipinski definition) is 7. The van der Waals surface area contributed by atoms with Gasteiger partial charge in [0.05, 0.1) is 16.0 Å². The highest BCUT2D eigenvalue weighted by molar-refractivity contribution is 8.00. The second kappa shape index (κ2) is 13.8. The molecule has 0 bridgehead atoms. The number of nitrogens with zero attached hydrogens (tertiary/aromatic N) is 2. The number of rotatable bonds is 9. The zero-order valence-corrected chi connectivity index (χ0v) is 24.2. The molecular weight excluding hydrogens is 626 g/mol. The summed E-state index contributed by atoms with van der Waals surface area (Å²) in [6.45, 7) is 0.884. The number of nitro benzene ring substituents is 1. The Balaban J connectivity index is 1.17. The van der Waals surface area contributed by atoms with Crippen LogP contribution in [0.2, 0.25) is 5.02 Å². The number of piperidine rings is 1. The third-order valence-electron chi connectivity index (χ3n) is 7.36. The number of amides is 1. The van der Waals surface area contributed by atoms with Crippen molar-refractivity contribution in [3.8, 4) is 0 Å². The Labute approximate surface area is 252 Å². The predicted octanol–water partition coefficient (Wildman–Crippen LogP) is 7.72. The van der Waals surface area contributed by atoms with Gasteiger partial charge >= 0.3 is 11.7 Å². The zero-order valence-electron chi connectivity index (χ0n) is 22.6. The van der Waals surface area contributed by atoms with Gasteiger partial charge in [0.1, 0.15) is 12.2 Å². The Kier molecular flexibility index (Phi) is 10.6. The third-order valence-corrected chi connectivity index (χ3v) is 8.59. The summed E-state index contributed by atoms with van der Waals surface area (Å²) in [5.74, 6) is -0.152. The van der Waals surface area contributed by atoms with Crippen LogP contribution in [0.5, 0.6) is 0 Å². The molecule has 0 unspecified atom stereocenters. The minimum Gasteiger partial charge on any atom is -0.382 e. The van der Waals surface area contributed by atoms with E-state index in [9.17, 15) is 41.3 Å². The first-order valence-corrected chi connectivity index (χ1v) is 14.7. The lowest BCUT2D eigenvalue weighted by atomic mass is 9.92. The molecule has 2 aromatic carbocycles. The average Bonchev–Trinajstić information content (AvgIpc) is 2.93. The van der Waals surface area contributed by atoms with Crippen LogP contribution in [0.15, 0.2) is 41.3 Å². The van der Waals surface area contributed by atoms with Gasteiger partial charge in [-0.15, -0.1) is 0 Å². The van der Waals surface area contributed by atoms with E-state index in [0.29, 0.717) is 57.3 Å². The van der Waals surface area contributed by atoms with Gasteiger partial charge in [0.2, 0.25) is 5.91 Å². The van der Waals surface area contributed by atoms with Gasteiger partial charge in [-0.1, -0.05) is 11.6 Å². The number of hydrogen-bond donors (Lipinski definition) is 2. The second-order valence-electron chi connectivity index (χ2n) is 10.4. The third kappa shape index (κ3) is 9.54. The summed E-state index contributed by atoms with van der Waals surface area (Å²) in [5.41, 5.74) is -5.98. The number of halogens is 7. The van der Waals surface area contributed by atoms with E-state index in [4.69, 9.17) is 16.3 Å². The number of nitro groups is 1. The van der Waals surface area contributed by atoms with E-state index in [1.165, 1.54) is 18.2 Å². The molecule has 0 aromatic heterocycles. The Morgan fingerprint density at radius 3 is 2.09 bits per heavy atom. The number of carbonyl (C=O) groups is 1. The number of nitrogens with one attached hydrogen (secondary N) is 2.